The van der Waals surface area contributed by atoms with Crippen molar-refractivity contribution >= 4 is 17.2 Å². The summed E-state index contributed by atoms with van der Waals surface area (Å²) in [6.45, 7) is 4.64. The van der Waals surface area contributed by atoms with E-state index in [-0.39, 0.29) is 24.0 Å². The molecule has 22 heavy (non-hydrogen) atoms. The van der Waals surface area contributed by atoms with Gasteiger partial charge in [-0.2, -0.15) is 5.10 Å². The van der Waals surface area contributed by atoms with Crippen LogP contribution in [0.25, 0.3) is 0 Å². The molecule has 0 aromatic carbocycles. The molecule has 1 aliphatic rings. The summed E-state index contributed by atoms with van der Waals surface area (Å²) in [7, 11) is 1.90. The van der Waals surface area contributed by atoms with Gasteiger partial charge >= 0.3 is 0 Å². The van der Waals surface area contributed by atoms with Crippen LogP contribution >= 0.6 is 11.3 Å². The number of nitrogens with one attached hydrogen (secondary N) is 1. The Balaban J connectivity index is 1.73. The van der Waals surface area contributed by atoms with E-state index in [9.17, 15) is 4.79 Å². The van der Waals surface area contributed by atoms with Gasteiger partial charge in [0.1, 0.15) is 0 Å². The van der Waals surface area contributed by atoms with E-state index in [0.717, 1.165) is 17.7 Å². The molecule has 118 valence electrons. The summed E-state index contributed by atoms with van der Waals surface area (Å²) in [6.07, 6.45) is 2.38. The average molecular weight is 319 g/mol. The fourth-order valence-corrected chi connectivity index (χ4v) is 3.62. The van der Waals surface area contributed by atoms with Gasteiger partial charge in [-0.1, -0.05) is 6.07 Å². The summed E-state index contributed by atoms with van der Waals surface area (Å²) in [5, 5.41) is 9.40. The second-order valence-corrected chi connectivity index (χ2v) is 6.72. The molecule has 0 radical (unpaired) electrons. The standard InChI is InChI=1S/C16H21N3O2S/c1-10(14-5-4-8-22-14)18-16(20)12-6-7-21-15(12)13-9-17-19(3)11(13)2/h4-5,8-10,12,15H,6-7H2,1-3H3,(H,18,20)/t10-,12+,15+/m1/s1. The molecule has 0 spiro atoms. The molecule has 1 N–H and O–H groups in total. The molecule has 0 unspecified atom stereocenters. The van der Waals surface area contributed by atoms with Gasteiger partial charge in [0, 0.05) is 29.8 Å². The maximum Gasteiger partial charge on any atom is 0.226 e. The van der Waals surface area contributed by atoms with E-state index in [1.165, 1.54) is 4.88 Å². The van der Waals surface area contributed by atoms with E-state index in [1.54, 1.807) is 11.3 Å². The van der Waals surface area contributed by atoms with Gasteiger partial charge in [-0.25, -0.2) is 0 Å². The first-order chi connectivity index (χ1) is 10.6. The summed E-state index contributed by atoms with van der Waals surface area (Å²) in [5.41, 5.74) is 2.07. The molecule has 1 saturated heterocycles. The predicted molar refractivity (Wildman–Crippen MR) is 85.6 cm³/mol. The van der Waals surface area contributed by atoms with Crippen molar-refractivity contribution in [2.75, 3.05) is 6.61 Å². The lowest BCUT2D eigenvalue weighted by Crippen LogP contribution is -2.34. The van der Waals surface area contributed by atoms with Crippen molar-refractivity contribution in [3.05, 3.63) is 39.8 Å². The van der Waals surface area contributed by atoms with Gasteiger partial charge in [-0.15, -0.1) is 11.3 Å². The topological polar surface area (TPSA) is 56.1 Å². The Morgan fingerprint density at radius 3 is 3.05 bits per heavy atom. The molecular formula is C16H21N3O2S. The van der Waals surface area contributed by atoms with Crippen LogP contribution in [0.1, 0.15) is 41.6 Å². The summed E-state index contributed by atoms with van der Waals surface area (Å²) in [4.78, 5) is 13.8. The Labute approximate surface area is 134 Å². The number of amides is 1. The van der Waals surface area contributed by atoms with E-state index in [0.29, 0.717) is 6.61 Å². The van der Waals surface area contributed by atoms with E-state index in [2.05, 4.69) is 10.4 Å². The minimum absolute atomic E-state index is 0.0312. The molecular weight excluding hydrogens is 298 g/mol. The van der Waals surface area contributed by atoms with Crippen molar-refractivity contribution < 1.29 is 9.53 Å². The Hall–Kier alpha value is -1.66. The van der Waals surface area contributed by atoms with Gasteiger partial charge < -0.3 is 10.1 Å². The fourth-order valence-electron chi connectivity index (χ4n) is 2.89. The first-order valence-corrected chi connectivity index (χ1v) is 8.39. The summed E-state index contributed by atoms with van der Waals surface area (Å²) in [5.74, 6) is -0.0861. The second-order valence-electron chi connectivity index (χ2n) is 5.74. The van der Waals surface area contributed by atoms with Gasteiger partial charge in [0.25, 0.3) is 0 Å². The van der Waals surface area contributed by atoms with Gasteiger partial charge in [0.15, 0.2) is 0 Å². The van der Waals surface area contributed by atoms with Gasteiger partial charge in [0.2, 0.25) is 5.91 Å². The number of carbonyl (C=O) groups is 1. The first kappa shape index (κ1) is 15.2. The number of ether oxygens (including phenoxy) is 1. The molecule has 3 heterocycles. The number of rotatable bonds is 4. The minimum atomic E-state index is -0.191. The number of hydrogen-bond donors (Lipinski definition) is 1. The highest BCUT2D eigenvalue weighted by atomic mass is 32.1. The molecule has 0 aliphatic carbocycles. The largest absolute Gasteiger partial charge is 0.373 e. The van der Waals surface area contributed by atoms with Crippen LogP contribution in [0, 0.1) is 12.8 Å². The Morgan fingerprint density at radius 1 is 1.59 bits per heavy atom. The van der Waals surface area contributed by atoms with E-state index in [4.69, 9.17) is 4.74 Å². The van der Waals surface area contributed by atoms with Gasteiger partial charge in [-0.3, -0.25) is 9.48 Å². The quantitative estimate of drug-likeness (QED) is 0.943. The van der Waals surface area contributed by atoms with E-state index in [1.807, 2.05) is 49.3 Å². The number of aromatic nitrogens is 2. The molecule has 1 amide bonds. The molecule has 0 saturated carbocycles. The maximum absolute atomic E-state index is 12.6. The second kappa shape index (κ2) is 6.22. The lowest BCUT2D eigenvalue weighted by atomic mass is 9.94. The van der Waals surface area contributed by atoms with Crippen molar-refractivity contribution in [3.63, 3.8) is 0 Å². The molecule has 2 aromatic rings. The average Bonchev–Trinajstić information content (AvgIpc) is 3.21. The lowest BCUT2D eigenvalue weighted by molar-refractivity contribution is -0.127. The van der Waals surface area contributed by atoms with Crippen molar-refractivity contribution in [2.45, 2.75) is 32.4 Å². The molecule has 6 heteroatoms. The zero-order valence-corrected chi connectivity index (χ0v) is 13.9. The maximum atomic E-state index is 12.6. The highest BCUT2D eigenvalue weighted by Crippen LogP contribution is 2.36. The molecule has 3 atom stereocenters. The third kappa shape index (κ3) is 2.80. The van der Waals surface area contributed by atoms with Crippen LogP contribution in [-0.4, -0.2) is 22.3 Å². The zero-order valence-electron chi connectivity index (χ0n) is 13.1. The van der Waals surface area contributed by atoms with Crippen LogP contribution in [0.3, 0.4) is 0 Å². The molecule has 2 aromatic heterocycles. The lowest BCUT2D eigenvalue weighted by Gasteiger charge is -2.20. The molecule has 1 aliphatic heterocycles. The Morgan fingerprint density at radius 2 is 2.41 bits per heavy atom. The van der Waals surface area contributed by atoms with Gasteiger partial charge in [-0.05, 0) is 31.7 Å². The molecule has 5 nitrogen and oxygen atoms in total. The molecule has 3 rings (SSSR count). The third-order valence-electron chi connectivity index (χ3n) is 4.34. The zero-order chi connectivity index (χ0) is 15.7. The third-order valence-corrected chi connectivity index (χ3v) is 5.39. The molecule has 1 fully saturated rings. The van der Waals surface area contributed by atoms with Crippen molar-refractivity contribution in [3.8, 4) is 0 Å². The van der Waals surface area contributed by atoms with Crippen molar-refractivity contribution in [1.29, 1.82) is 0 Å². The van der Waals surface area contributed by atoms with Crippen LogP contribution in [0.5, 0.6) is 0 Å². The van der Waals surface area contributed by atoms with Crippen LogP contribution in [0.15, 0.2) is 23.7 Å². The number of thiophene rings is 1. The summed E-state index contributed by atoms with van der Waals surface area (Å²) in [6, 6.07) is 4.08. The van der Waals surface area contributed by atoms with Crippen LogP contribution < -0.4 is 5.32 Å². The normalized spacial score (nSPS) is 22.7. The van der Waals surface area contributed by atoms with E-state index < -0.39 is 0 Å². The Kier molecular flexibility index (Phi) is 4.31. The number of carbonyl (C=O) groups excluding carboxylic acids is 1. The highest BCUT2D eigenvalue weighted by molar-refractivity contribution is 7.10. The monoisotopic (exact) mass is 319 g/mol. The smallest absolute Gasteiger partial charge is 0.226 e. The van der Waals surface area contributed by atoms with Gasteiger partial charge in [0.05, 0.1) is 24.3 Å². The minimum Gasteiger partial charge on any atom is -0.373 e. The highest BCUT2D eigenvalue weighted by Gasteiger charge is 2.37. The Bertz CT molecular complexity index is 650. The van der Waals surface area contributed by atoms with Crippen LogP contribution in [-0.2, 0) is 16.6 Å². The van der Waals surface area contributed by atoms with Crippen molar-refractivity contribution in [1.82, 2.24) is 15.1 Å². The summed E-state index contributed by atoms with van der Waals surface area (Å²) >= 11 is 1.66. The number of hydrogen-bond acceptors (Lipinski definition) is 4. The number of aryl methyl sites for hydroxylation is 1. The first-order valence-electron chi connectivity index (χ1n) is 7.51. The SMILES string of the molecule is Cc1c([C@H]2OCC[C@@H]2C(=O)N[C@H](C)c2cccs2)cnn1C. The molecule has 0 bridgehead atoms. The fraction of sp³-hybridized carbons (Fsp3) is 0.500. The van der Waals surface area contributed by atoms with E-state index >= 15 is 0 Å². The predicted octanol–water partition coefficient (Wildman–Crippen LogP) is 2.75. The van der Waals surface area contributed by atoms with Crippen LogP contribution in [0.2, 0.25) is 0 Å². The van der Waals surface area contributed by atoms with Crippen molar-refractivity contribution in [2.24, 2.45) is 13.0 Å². The number of nitrogens with zero attached hydrogens (tertiary/aromatic N) is 2. The van der Waals surface area contributed by atoms with Crippen LogP contribution in [0.4, 0.5) is 0 Å². The summed E-state index contributed by atoms with van der Waals surface area (Å²) < 4.78 is 7.65.